The number of likely N-dealkylation sites (tertiary alicyclic amines) is 1. The largest absolute Gasteiger partial charge is 0.453 e. The molecule has 0 unspecified atom stereocenters. The number of hydrogen-bond acceptors (Lipinski definition) is 5. The molecular weight excluding hydrogens is 479 g/mol. The molecule has 0 radical (unpaired) electrons. The van der Waals surface area contributed by atoms with Crippen molar-refractivity contribution in [2.45, 2.75) is 31.7 Å². The summed E-state index contributed by atoms with van der Waals surface area (Å²) in [5.74, 6) is -0.0334. The fraction of sp³-hybridized carbons (Fsp3) is 0.542. The van der Waals surface area contributed by atoms with Crippen LogP contribution >= 0.6 is 23.2 Å². The van der Waals surface area contributed by atoms with Crippen LogP contribution in [-0.2, 0) is 14.3 Å². The summed E-state index contributed by atoms with van der Waals surface area (Å²) in [6.07, 6.45) is 5.84. The Kier molecular flexibility index (Phi) is 10.0. The predicted molar refractivity (Wildman–Crippen MR) is 133 cm³/mol. The van der Waals surface area contributed by atoms with Gasteiger partial charge in [0.1, 0.15) is 0 Å². The average molecular weight is 511 g/mol. The first-order valence-electron chi connectivity index (χ1n) is 11.6. The van der Waals surface area contributed by atoms with Crippen LogP contribution in [-0.4, -0.2) is 91.6 Å². The van der Waals surface area contributed by atoms with E-state index in [1.165, 1.54) is 13.2 Å². The minimum Gasteiger partial charge on any atom is -0.453 e. The fourth-order valence-corrected chi connectivity index (χ4v) is 4.53. The highest BCUT2D eigenvalue weighted by Gasteiger charge is 2.24. The van der Waals surface area contributed by atoms with Gasteiger partial charge in [-0.3, -0.25) is 9.59 Å². The molecule has 0 spiro atoms. The van der Waals surface area contributed by atoms with Gasteiger partial charge in [-0.05, 0) is 49.6 Å². The lowest BCUT2D eigenvalue weighted by Crippen LogP contribution is -2.45. The molecule has 0 atom stereocenters. The maximum absolute atomic E-state index is 12.6. The number of carbonyl (C=O) groups is 3. The van der Waals surface area contributed by atoms with Crippen molar-refractivity contribution in [2.75, 3.05) is 52.9 Å². The fourth-order valence-electron chi connectivity index (χ4n) is 4.22. The molecule has 2 saturated heterocycles. The maximum atomic E-state index is 12.6. The summed E-state index contributed by atoms with van der Waals surface area (Å²) in [7, 11) is 1.37. The number of rotatable bonds is 7. The summed E-state index contributed by atoms with van der Waals surface area (Å²) < 4.78 is 4.66. The van der Waals surface area contributed by atoms with Crippen LogP contribution in [0, 0.1) is 0 Å². The molecule has 3 amide bonds. The Balaban J connectivity index is 1.39. The van der Waals surface area contributed by atoms with Crippen LogP contribution in [0.3, 0.4) is 0 Å². The number of ether oxygens (including phenoxy) is 1. The van der Waals surface area contributed by atoms with Gasteiger partial charge in [0.05, 0.1) is 17.2 Å². The second-order valence-electron chi connectivity index (χ2n) is 8.57. The van der Waals surface area contributed by atoms with Crippen LogP contribution in [0.4, 0.5) is 4.79 Å². The van der Waals surface area contributed by atoms with E-state index in [1.807, 2.05) is 4.90 Å². The van der Waals surface area contributed by atoms with Crippen molar-refractivity contribution in [1.82, 2.24) is 20.0 Å². The summed E-state index contributed by atoms with van der Waals surface area (Å²) in [6.45, 7) is 4.88. The van der Waals surface area contributed by atoms with Crippen LogP contribution in [0.1, 0.15) is 31.2 Å². The number of halogens is 2. The Morgan fingerprint density at radius 1 is 1.09 bits per heavy atom. The monoisotopic (exact) mass is 510 g/mol. The molecule has 186 valence electrons. The third kappa shape index (κ3) is 7.89. The van der Waals surface area contributed by atoms with Crippen molar-refractivity contribution in [1.29, 1.82) is 0 Å². The molecule has 1 aromatic carbocycles. The summed E-state index contributed by atoms with van der Waals surface area (Å²) in [4.78, 5) is 42.5. The molecule has 10 heteroatoms. The highest BCUT2D eigenvalue weighted by atomic mass is 35.5. The van der Waals surface area contributed by atoms with Gasteiger partial charge in [-0.2, -0.15) is 0 Å². The Morgan fingerprint density at radius 3 is 2.56 bits per heavy atom. The smallest absolute Gasteiger partial charge is 0.407 e. The quantitative estimate of drug-likeness (QED) is 0.569. The minimum atomic E-state index is -0.379. The summed E-state index contributed by atoms with van der Waals surface area (Å²) in [5.41, 5.74) is 0.792. The molecule has 0 aliphatic carbocycles. The molecule has 8 nitrogen and oxygen atoms in total. The van der Waals surface area contributed by atoms with E-state index in [9.17, 15) is 14.4 Å². The van der Waals surface area contributed by atoms with E-state index in [0.717, 1.165) is 44.5 Å². The van der Waals surface area contributed by atoms with E-state index < -0.39 is 0 Å². The average Bonchev–Trinajstić information content (AvgIpc) is 3.02. The van der Waals surface area contributed by atoms with Crippen molar-refractivity contribution in [3.05, 3.63) is 39.9 Å². The van der Waals surface area contributed by atoms with Gasteiger partial charge in [-0.25, -0.2) is 4.79 Å². The predicted octanol–water partition coefficient (Wildman–Crippen LogP) is 3.28. The molecule has 0 saturated carbocycles. The van der Waals surface area contributed by atoms with Crippen LogP contribution in [0.5, 0.6) is 0 Å². The number of nitrogens with zero attached hydrogens (tertiary/aromatic N) is 3. The third-order valence-electron chi connectivity index (χ3n) is 6.26. The van der Waals surface area contributed by atoms with Gasteiger partial charge in [0, 0.05) is 57.8 Å². The molecule has 0 bridgehead atoms. The Morgan fingerprint density at radius 2 is 1.85 bits per heavy atom. The molecule has 0 aromatic heterocycles. The van der Waals surface area contributed by atoms with Crippen molar-refractivity contribution >= 4 is 47.2 Å². The van der Waals surface area contributed by atoms with Gasteiger partial charge >= 0.3 is 6.09 Å². The van der Waals surface area contributed by atoms with Crippen LogP contribution in [0.25, 0.3) is 6.08 Å². The first kappa shape index (κ1) is 26.3. The zero-order valence-corrected chi connectivity index (χ0v) is 21.0. The van der Waals surface area contributed by atoms with Gasteiger partial charge in [0.25, 0.3) is 0 Å². The van der Waals surface area contributed by atoms with Crippen LogP contribution in [0.2, 0.25) is 10.0 Å². The highest BCUT2D eigenvalue weighted by molar-refractivity contribution is 6.42. The lowest BCUT2D eigenvalue weighted by atomic mass is 10.1. The Hall–Kier alpha value is -2.29. The van der Waals surface area contributed by atoms with Crippen molar-refractivity contribution in [3.8, 4) is 0 Å². The maximum Gasteiger partial charge on any atom is 0.407 e. The minimum absolute atomic E-state index is 0.0877. The van der Waals surface area contributed by atoms with Gasteiger partial charge in [0.15, 0.2) is 0 Å². The number of benzene rings is 1. The SMILES string of the molecule is COC(=O)NC1CCN(CCCN2CCN(C(=O)C=Cc3ccc(Cl)c(Cl)c3)CCC2=O)CC1. The second kappa shape index (κ2) is 13.0. The zero-order chi connectivity index (χ0) is 24.5. The lowest BCUT2D eigenvalue weighted by Gasteiger charge is -2.32. The molecule has 2 heterocycles. The number of amides is 3. The lowest BCUT2D eigenvalue weighted by molar-refractivity contribution is -0.130. The molecule has 2 fully saturated rings. The van der Waals surface area contributed by atoms with E-state index in [-0.39, 0.29) is 23.9 Å². The van der Waals surface area contributed by atoms with Crippen LogP contribution in [0.15, 0.2) is 24.3 Å². The zero-order valence-electron chi connectivity index (χ0n) is 19.5. The van der Waals surface area contributed by atoms with E-state index in [1.54, 1.807) is 29.2 Å². The first-order valence-corrected chi connectivity index (χ1v) is 12.4. The first-order chi connectivity index (χ1) is 16.4. The Labute approximate surface area is 210 Å². The molecular formula is C24H32Cl2N4O4. The normalized spacial score (nSPS) is 18.3. The molecule has 34 heavy (non-hydrogen) atoms. The molecule has 1 N–H and O–H groups in total. The van der Waals surface area contributed by atoms with E-state index >= 15 is 0 Å². The number of alkyl carbamates (subject to hydrolysis) is 1. The van der Waals surface area contributed by atoms with Gasteiger partial charge in [-0.15, -0.1) is 0 Å². The molecule has 3 rings (SSSR count). The van der Waals surface area contributed by atoms with Crippen LogP contribution < -0.4 is 5.32 Å². The number of hydrogen-bond donors (Lipinski definition) is 1. The molecule has 2 aliphatic rings. The van der Waals surface area contributed by atoms with Crippen molar-refractivity contribution in [2.24, 2.45) is 0 Å². The number of carbonyl (C=O) groups excluding carboxylic acids is 3. The topological polar surface area (TPSA) is 82.2 Å². The third-order valence-corrected chi connectivity index (χ3v) is 7.00. The molecule has 1 aromatic rings. The van der Waals surface area contributed by atoms with E-state index in [2.05, 4.69) is 15.0 Å². The standard InChI is InChI=1S/C24H32Cl2N4O4/c1-34-24(33)27-19-7-12-28(13-8-19)10-2-11-29-15-16-30(14-9-23(29)32)22(31)6-4-18-3-5-20(25)21(26)17-18/h3-6,17,19H,2,7-16H2,1H3,(H,27,33). The summed E-state index contributed by atoms with van der Waals surface area (Å²) >= 11 is 12.0. The highest BCUT2D eigenvalue weighted by Crippen LogP contribution is 2.23. The van der Waals surface area contributed by atoms with E-state index in [0.29, 0.717) is 42.6 Å². The summed E-state index contributed by atoms with van der Waals surface area (Å²) in [6, 6.07) is 5.35. The van der Waals surface area contributed by atoms with Gasteiger partial charge in [-0.1, -0.05) is 29.3 Å². The second-order valence-corrected chi connectivity index (χ2v) is 9.38. The molecule has 2 aliphatic heterocycles. The van der Waals surface area contributed by atoms with Gasteiger partial charge < -0.3 is 24.8 Å². The number of methoxy groups -OCH3 is 1. The van der Waals surface area contributed by atoms with Gasteiger partial charge in [0.2, 0.25) is 11.8 Å². The summed E-state index contributed by atoms with van der Waals surface area (Å²) in [5, 5.41) is 3.77. The number of piperidine rings is 1. The Bertz CT molecular complexity index is 903. The van der Waals surface area contributed by atoms with Crippen molar-refractivity contribution < 1.29 is 19.1 Å². The van der Waals surface area contributed by atoms with Crippen molar-refractivity contribution in [3.63, 3.8) is 0 Å². The number of nitrogens with one attached hydrogen (secondary N) is 1. The van der Waals surface area contributed by atoms with E-state index in [4.69, 9.17) is 23.2 Å².